The molecule has 5 heteroatoms. The third kappa shape index (κ3) is 3.93. The Morgan fingerprint density at radius 1 is 1.20 bits per heavy atom. The Morgan fingerprint density at radius 3 is 1.93 bits per heavy atom. The van der Waals surface area contributed by atoms with Crippen molar-refractivity contribution in [2.45, 2.75) is 51.8 Å². The van der Waals surface area contributed by atoms with E-state index in [0.717, 1.165) is 12.8 Å². The van der Waals surface area contributed by atoms with E-state index in [4.69, 9.17) is 11.6 Å². The lowest BCUT2D eigenvalue weighted by atomic mass is 10.2. The van der Waals surface area contributed by atoms with Crippen LogP contribution in [0.4, 0.5) is 0 Å². The van der Waals surface area contributed by atoms with Gasteiger partial charge in [-0.3, -0.25) is 0 Å². The normalized spacial score (nSPS) is 13.1. The molecule has 0 aliphatic heterocycles. The van der Waals surface area contributed by atoms with Crippen molar-refractivity contribution in [3.8, 4) is 0 Å². The molecule has 0 atom stereocenters. The van der Waals surface area contributed by atoms with E-state index < -0.39 is 10.0 Å². The first-order valence-electron chi connectivity index (χ1n) is 5.48. The number of sulfonamides is 1. The Balaban J connectivity index is 4.95. The first kappa shape index (κ1) is 15.2. The largest absolute Gasteiger partial charge is 0.216 e. The molecule has 0 bridgehead atoms. The van der Waals surface area contributed by atoms with Gasteiger partial charge in [0.15, 0.2) is 0 Å². The highest BCUT2D eigenvalue weighted by molar-refractivity contribution is 7.89. The number of hydrogen-bond donors (Lipinski definition) is 0. The molecule has 0 N–H and O–H groups in total. The fourth-order valence-corrected chi connectivity index (χ4v) is 3.45. The van der Waals surface area contributed by atoms with E-state index >= 15 is 0 Å². The Morgan fingerprint density at radius 2 is 1.67 bits per heavy atom. The van der Waals surface area contributed by atoms with E-state index in [2.05, 4.69) is 0 Å². The molecular formula is C10H22ClNO2S. The number of alkyl halides is 1. The summed E-state index contributed by atoms with van der Waals surface area (Å²) >= 11 is 5.66. The van der Waals surface area contributed by atoms with Crippen molar-refractivity contribution in [2.24, 2.45) is 0 Å². The predicted octanol–water partition coefficient (Wildman–Crippen LogP) is 2.45. The standard InChI is InChI=1S/C10H22ClNO2S/c1-5-10(6-2)12(8-7-11)15(13,14)9(3)4/h9-10H,5-8H2,1-4H3. The summed E-state index contributed by atoms with van der Waals surface area (Å²) < 4.78 is 25.7. The van der Waals surface area contributed by atoms with Gasteiger partial charge >= 0.3 is 0 Å². The molecule has 0 rings (SSSR count). The van der Waals surface area contributed by atoms with Crippen LogP contribution in [-0.2, 0) is 10.0 Å². The fraction of sp³-hybridized carbons (Fsp3) is 1.00. The van der Waals surface area contributed by atoms with Crippen molar-refractivity contribution in [2.75, 3.05) is 12.4 Å². The summed E-state index contributed by atoms with van der Waals surface area (Å²) in [6, 6.07) is 0.0798. The first-order valence-corrected chi connectivity index (χ1v) is 7.52. The van der Waals surface area contributed by atoms with E-state index in [1.807, 2.05) is 13.8 Å². The third-order valence-electron chi connectivity index (χ3n) is 2.58. The second-order valence-electron chi connectivity index (χ2n) is 3.86. The summed E-state index contributed by atoms with van der Waals surface area (Å²) in [4.78, 5) is 0. The SMILES string of the molecule is CCC(CC)N(CCCl)S(=O)(=O)C(C)C. The number of hydrogen-bond acceptors (Lipinski definition) is 2. The van der Waals surface area contributed by atoms with Crippen molar-refractivity contribution < 1.29 is 8.42 Å². The van der Waals surface area contributed by atoms with E-state index in [9.17, 15) is 8.42 Å². The maximum Gasteiger partial charge on any atom is 0.216 e. The quantitative estimate of drug-likeness (QED) is 0.656. The zero-order valence-corrected chi connectivity index (χ0v) is 11.6. The van der Waals surface area contributed by atoms with Gasteiger partial charge in [0, 0.05) is 18.5 Å². The highest BCUT2D eigenvalue weighted by atomic mass is 35.5. The average molecular weight is 256 g/mol. The van der Waals surface area contributed by atoms with Gasteiger partial charge < -0.3 is 0 Å². The molecule has 15 heavy (non-hydrogen) atoms. The summed E-state index contributed by atoms with van der Waals surface area (Å²) in [6.45, 7) is 7.84. The molecule has 0 aromatic rings. The van der Waals surface area contributed by atoms with Crippen molar-refractivity contribution in [3.05, 3.63) is 0 Å². The maximum atomic E-state index is 12.0. The minimum atomic E-state index is -3.18. The monoisotopic (exact) mass is 255 g/mol. The highest BCUT2D eigenvalue weighted by Gasteiger charge is 2.29. The van der Waals surface area contributed by atoms with E-state index in [1.54, 1.807) is 18.2 Å². The molecule has 0 saturated carbocycles. The fourth-order valence-electron chi connectivity index (χ4n) is 1.57. The van der Waals surface area contributed by atoms with Crippen molar-refractivity contribution in [1.29, 1.82) is 0 Å². The molecule has 0 aliphatic rings. The van der Waals surface area contributed by atoms with Crippen LogP contribution in [0.25, 0.3) is 0 Å². The smallest absolute Gasteiger partial charge is 0.212 e. The summed E-state index contributed by atoms with van der Waals surface area (Å²) in [5.41, 5.74) is 0. The number of rotatable bonds is 7. The molecule has 0 saturated heterocycles. The predicted molar refractivity (Wildman–Crippen MR) is 65.9 cm³/mol. The average Bonchev–Trinajstić information content (AvgIpc) is 2.18. The molecular weight excluding hydrogens is 234 g/mol. The molecule has 3 nitrogen and oxygen atoms in total. The second kappa shape index (κ2) is 6.71. The van der Waals surface area contributed by atoms with Crippen molar-refractivity contribution in [1.82, 2.24) is 4.31 Å². The van der Waals surface area contributed by atoms with Crippen LogP contribution in [0.1, 0.15) is 40.5 Å². The highest BCUT2D eigenvalue weighted by Crippen LogP contribution is 2.17. The molecule has 0 aromatic heterocycles. The minimum absolute atomic E-state index is 0.0798. The molecule has 0 aromatic carbocycles. The van der Waals surface area contributed by atoms with Gasteiger partial charge in [0.25, 0.3) is 0 Å². The van der Waals surface area contributed by atoms with Crippen molar-refractivity contribution >= 4 is 21.6 Å². The molecule has 0 amide bonds. The number of nitrogens with zero attached hydrogens (tertiary/aromatic N) is 1. The molecule has 0 unspecified atom stereocenters. The molecule has 92 valence electrons. The van der Waals surface area contributed by atoms with E-state index in [-0.39, 0.29) is 11.3 Å². The van der Waals surface area contributed by atoms with Crippen LogP contribution < -0.4 is 0 Å². The van der Waals surface area contributed by atoms with E-state index in [0.29, 0.717) is 12.4 Å². The van der Waals surface area contributed by atoms with Gasteiger partial charge in [0.2, 0.25) is 10.0 Å². The van der Waals surface area contributed by atoms with Crippen LogP contribution in [0.15, 0.2) is 0 Å². The first-order chi connectivity index (χ1) is 6.91. The maximum absolute atomic E-state index is 12.0. The molecule has 0 heterocycles. The topological polar surface area (TPSA) is 37.4 Å². The molecule has 0 aliphatic carbocycles. The Labute approximate surface area is 98.8 Å². The molecule has 0 fully saturated rings. The lowest BCUT2D eigenvalue weighted by Crippen LogP contribution is -2.44. The van der Waals surface area contributed by atoms with Crippen LogP contribution in [0.5, 0.6) is 0 Å². The third-order valence-corrected chi connectivity index (χ3v) is 5.07. The van der Waals surface area contributed by atoms with Gasteiger partial charge in [-0.2, -0.15) is 4.31 Å². The summed E-state index contributed by atoms with van der Waals surface area (Å²) in [6.07, 6.45) is 1.67. The van der Waals surface area contributed by atoms with Gasteiger partial charge in [-0.25, -0.2) is 8.42 Å². The Hall–Kier alpha value is 0.200. The van der Waals surface area contributed by atoms with Crippen LogP contribution >= 0.6 is 11.6 Å². The second-order valence-corrected chi connectivity index (χ2v) is 6.68. The van der Waals surface area contributed by atoms with Gasteiger partial charge in [0.05, 0.1) is 5.25 Å². The van der Waals surface area contributed by atoms with Crippen LogP contribution in [0, 0.1) is 0 Å². The van der Waals surface area contributed by atoms with Crippen molar-refractivity contribution in [3.63, 3.8) is 0 Å². The zero-order chi connectivity index (χ0) is 12.1. The molecule has 0 spiro atoms. The lowest BCUT2D eigenvalue weighted by molar-refractivity contribution is 0.314. The van der Waals surface area contributed by atoms with E-state index in [1.165, 1.54) is 0 Å². The Bertz CT molecular complexity index is 261. The van der Waals surface area contributed by atoms with Gasteiger partial charge in [-0.1, -0.05) is 13.8 Å². The summed E-state index contributed by atoms with van der Waals surface area (Å²) in [5.74, 6) is 0.350. The van der Waals surface area contributed by atoms with Crippen LogP contribution in [-0.4, -0.2) is 36.4 Å². The van der Waals surface area contributed by atoms with Gasteiger partial charge in [-0.15, -0.1) is 11.6 Å². The Kier molecular flexibility index (Phi) is 6.80. The van der Waals surface area contributed by atoms with Crippen LogP contribution in [0.2, 0.25) is 0 Å². The zero-order valence-electron chi connectivity index (χ0n) is 10.0. The van der Waals surface area contributed by atoms with Crippen LogP contribution in [0.3, 0.4) is 0 Å². The van der Waals surface area contributed by atoms with Gasteiger partial charge in [-0.05, 0) is 26.7 Å². The van der Waals surface area contributed by atoms with Gasteiger partial charge in [0.1, 0.15) is 0 Å². The summed E-state index contributed by atoms with van der Waals surface area (Å²) in [5, 5.41) is -0.374. The number of halogens is 1. The molecule has 0 radical (unpaired) electrons. The minimum Gasteiger partial charge on any atom is -0.212 e. The summed E-state index contributed by atoms with van der Waals surface area (Å²) in [7, 11) is -3.18. The lowest BCUT2D eigenvalue weighted by Gasteiger charge is -2.30.